The number of hydrogen-bond acceptors (Lipinski definition) is 4. The summed E-state index contributed by atoms with van der Waals surface area (Å²) in [5.74, 6) is 0. The summed E-state index contributed by atoms with van der Waals surface area (Å²) >= 11 is 0. The number of anilines is 1. The average molecular weight is 245 g/mol. The molecule has 1 N–H and O–H groups in total. The standard InChI is InChI=1S/C14H19N3O/c1-16-7-8-17(14(11-16)6-9-18)13-4-2-12(10-15)3-5-13/h2-5,14,18H,6-9,11H2,1H3. The molecule has 4 heteroatoms. The molecule has 0 spiro atoms. The van der Waals surface area contributed by atoms with Crippen LogP contribution in [0.5, 0.6) is 0 Å². The second kappa shape index (κ2) is 5.85. The molecular formula is C14H19N3O. The smallest absolute Gasteiger partial charge is 0.0991 e. The van der Waals surface area contributed by atoms with Crippen LogP contribution < -0.4 is 4.90 Å². The van der Waals surface area contributed by atoms with Crippen molar-refractivity contribution >= 4 is 5.69 Å². The first kappa shape index (κ1) is 12.9. The quantitative estimate of drug-likeness (QED) is 0.865. The predicted octanol–water partition coefficient (Wildman–Crippen LogP) is 1.06. The molecule has 1 aliphatic heterocycles. The van der Waals surface area contributed by atoms with E-state index in [1.807, 2.05) is 24.3 Å². The van der Waals surface area contributed by atoms with Crippen molar-refractivity contribution in [2.24, 2.45) is 0 Å². The zero-order valence-corrected chi connectivity index (χ0v) is 10.7. The zero-order chi connectivity index (χ0) is 13.0. The van der Waals surface area contributed by atoms with Crippen LogP contribution in [0.2, 0.25) is 0 Å². The Bertz CT molecular complexity index is 424. The number of likely N-dealkylation sites (N-methyl/N-ethyl adjacent to an activating group) is 1. The fraction of sp³-hybridized carbons (Fsp3) is 0.500. The molecule has 0 bridgehead atoms. The maximum absolute atomic E-state index is 9.16. The molecule has 1 fully saturated rings. The van der Waals surface area contributed by atoms with E-state index in [2.05, 4.69) is 22.9 Å². The van der Waals surface area contributed by atoms with Crippen molar-refractivity contribution in [1.29, 1.82) is 5.26 Å². The van der Waals surface area contributed by atoms with Crippen LogP contribution in [-0.2, 0) is 0 Å². The molecule has 0 aliphatic carbocycles. The fourth-order valence-electron chi connectivity index (χ4n) is 2.47. The minimum Gasteiger partial charge on any atom is -0.396 e. The Morgan fingerprint density at radius 1 is 1.33 bits per heavy atom. The predicted molar refractivity (Wildman–Crippen MR) is 71.5 cm³/mol. The lowest BCUT2D eigenvalue weighted by molar-refractivity contribution is 0.219. The third-order valence-corrected chi connectivity index (χ3v) is 3.48. The number of rotatable bonds is 3. The van der Waals surface area contributed by atoms with Gasteiger partial charge < -0.3 is 14.9 Å². The van der Waals surface area contributed by atoms with Crippen LogP contribution in [-0.4, -0.2) is 49.3 Å². The Morgan fingerprint density at radius 2 is 2.06 bits per heavy atom. The molecule has 4 nitrogen and oxygen atoms in total. The van der Waals surface area contributed by atoms with Gasteiger partial charge in [0.05, 0.1) is 11.6 Å². The number of aliphatic hydroxyl groups excluding tert-OH is 1. The minimum absolute atomic E-state index is 0.214. The lowest BCUT2D eigenvalue weighted by Crippen LogP contribution is -2.52. The van der Waals surface area contributed by atoms with E-state index in [0.717, 1.165) is 31.7 Å². The number of nitrogens with zero attached hydrogens (tertiary/aromatic N) is 3. The molecule has 1 aromatic carbocycles. The number of nitriles is 1. The molecule has 2 rings (SSSR count). The fourth-order valence-corrected chi connectivity index (χ4v) is 2.47. The molecule has 0 amide bonds. The van der Waals surface area contributed by atoms with Crippen LogP contribution in [0.15, 0.2) is 24.3 Å². The van der Waals surface area contributed by atoms with E-state index in [-0.39, 0.29) is 6.61 Å². The van der Waals surface area contributed by atoms with Crippen LogP contribution in [0.25, 0.3) is 0 Å². The number of aliphatic hydroxyl groups is 1. The van der Waals surface area contributed by atoms with E-state index in [0.29, 0.717) is 11.6 Å². The van der Waals surface area contributed by atoms with Gasteiger partial charge in [0.15, 0.2) is 0 Å². The first-order valence-corrected chi connectivity index (χ1v) is 6.31. The van der Waals surface area contributed by atoms with Crippen LogP contribution in [0.1, 0.15) is 12.0 Å². The molecule has 18 heavy (non-hydrogen) atoms. The van der Waals surface area contributed by atoms with Gasteiger partial charge in [-0.3, -0.25) is 0 Å². The zero-order valence-electron chi connectivity index (χ0n) is 10.7. The van der Waals surface area contributed by atoms with Crippen molar-refractivity contribution in [2.75, 3.05) is 38.2 Å². The maximum Gasteiger partial charge on any atom is 0.0991 e. The van der Waals surface area contributed by atoms with E-state index in [4.69, 9.17) is 10.4 Å². The molecule has 0 aromatic heterocycles. The molecule has 1 saturated heterocycles. The molecule has 1 heterocycles. The molecule has 96 valence electrons. The first-order chi connectivity index (χ1) is 8.74. The van der Waals surface area contributed by atoms with Gasteiger partial charge in [-0.05, 0) is 37.7 Å². The summed E-state index contributed by atoms with van der Waals surface area (Å²) in [7, 11) is 2.11. The SMILES string of the molecule is CN1CCN(c2ccc(C#N)cc2)C(CCO)C1. The number of hydrogen-bond donors (Lipinski definition) is 1. The van der Waals surface area contributed by atoms with Gasteiger partial charge in [-0.15, -0.1) is 0 Å². The molecule has 1 aromatic rings. The van der Waals surface area contributed by atoms with Crippen molar-refractivity contribution in [1.82, 2.24) is 4.90 Å². The second-order valence-corrected chi connectivity index (χ2v) is 4.78. The highest BCUT2D eigenvalue weighted by Gasteiger charge is 2.24. The molecular weight excluding hydrogens is 226 g/mol. The topological polar surface area (TPSA) is 50.5 Å². The molecule has 0 saturated carbocycles. The van der Waals surface area contributed by atoms with Gasteiger partial charge in [0.1, 0.15) is 0 Å². The van der Waals surface area contributed by atoms with Gasteiger partial charge >= 0.3 is 0 Å². The van der Waals surface area contributed by atoms with Crippen LogP contribution >= 0.6 is 0 Å². The van der Waals surface area contributed by atoms with Gasteiger partial charge in [-0.1, -0.05) is 0 Å². The van der Waals surface area contributed by atoms with E-state index in [1.165, 1.54) is 0 Å². The van der Waals surface area contributed by atoms with Crippen molar-refractivity contribution in [2.45, 2.75) is 12.5 Å². The summed E-state index contributed by atoms with van der Waals surface area (Å²) in [4.78, 5) is 4.62. The van der Waals surface area contributed by atoms with E-state index in [9.17, 15) is 0 Å². The Kier molecular flexibility index (Phi) is 4.19. The summed E-state index contributed by atoms with van der Waals surface area (Å²) in [5.41, 5.74) is 1.83. The van der Waals surface area contributed by atoms with Crippen molar-refractivity contribution < 1.29 is 5.11 Å². The third-order valence-electron chi connectivity index (χ3n) is 3.48. The molecule has 0 radical (unpaired) electrons. The molecule has 1 unspecified atom stereocenters. The lowest BCUT2D eigenvalue weighted by Gasteiger charge is -2.41. The van der Waals surface area contributed by atoms with Crippen LogP contribution in [0.4, 0.5) is 5.69 Å². The van der Waals surface area contributed by atoms with Gasteiger partial charge in [0, 0.05) is 38.0 Å². The minimum atomic E-state index is 0.214. The average Bonchev–Trinajstić information content (AvgIpc) is 2.40. The van der Waals surface area contributed by atoms with Gasteiger partial charge in [-0.2, -0.15) is 5.26 Å². The maximum atomic E-state index is 9.16. The van der Waals surface area contributed by atoms with Gasteiger partial charge in [0.2, 0.25) is 0 Å². The Morgan fingerprint density at radius 3 is 2.67 bits per heavy atom. The summed E-state index contributed by atoms with van der Waals surface area (Å²) in [6.07, 6.45) is 0.782. The largest absolute Gasteiger partial charge is 0.396 e. The molecule has 1 aliphatic rings. The summed E-state index contributed by atoms with van der Waals surface area (Å²) in [5, 5.41) is 18.0. The second-order valence-electron chi connectivity index (χ2n) is 4.78. The summed E-state index contributed by atoms with van der Waals surface area (Å²) in [6, 6.07) is 10.2. The highest BCUT2D eigenvalue weighted by atomic mass is 16.3. The molecule has 1 atom stereocenters. The van der Waals surface area contributed by atoms with Crippen LogP contribution in [0, 0.1) is 11.3 Å². The van der Waals surface area contributed by atoms with Gasteiger partial charge in [-0.25, -0.2) is 0 Å². The van der Waals surface area contributed by atoms with Crippen molar-refractivity contribution in [3.63, 3.8) is 0 Å². The third kappa shape index (κ3) is 2.81. The van der Waals surface area contributed by atoms with Crippen molar-refractivity contribution in [3.8, 4) is 6.07 Å². The highest BCUT2D eigenvalue weighted by molar-refractivity contribution is 5.51. The monoisotopic (exact) mass is 245 g/mol. The van der Waals surface area contributed by atoms with E-state index >= 15 is 0 Å². The van der Waals surface area contributed by atoms with E-state index < -0.39 is 0 Å². The first-order valence-electron chi connectivity index (χ1n) is 6.31. The lowest BCUT2D eigenvalue weighted by atomic mass is 10.1. The van der Waals surface area contributed by atoms with Gasteiger partial charge in [0.25, 0.3) is 0 Å². The highest BCUT2D eigenvalue weighted by Crippen LogP contribution is 2.22. The van der Waals surface area contributed by atoms with Crippen molar-refractivity contribution in [3.05, 3.63) is 29.8 Å². The Hall–Kier alpha value is -1.57. The summed E-state index contributed by atoms with van der Waals surface area (Å²) < 4.78 is 0. The Balaban J connectivity index is 2.15. The number of piperazine rings is 1. The number of benzene rings is 1. The Labute approximate surface area is 108 Å². The normalized spacial score (nSPS) is 20.7. The van der Waals surface area contributed by atoms with Crippen LogP contribution in [0.3, 0.4) is 0 Å². The summed E-state index contributed by atoms with van der Waals surface area (Å²) in [6.45, 7) is 3.18. The van der Waals surface area contributed by atoms with E-state index in [1.54, 1.807) is 0 Å².